The molecule has 3 aromatic rings. The van der Waals surface area contributed by atoms with Gasteiger partial charge in [0, 0.05) is 15.7 Å². The van der Waals surface area contributed by atoms with Gasteiger partial charge in [-0.2, -0.15) is 5.26 Å². The highest BCUT2D eigenvalue weighted by Crippen LogP contribution is 2.19. The fraction of sp³-hybridized carbons (Fsp3) is 0. The summed E-state index contributed by atoms with van der Waals surface area (Å²) < 4.78 is 5.30. The third-order valence-electron chi connectivity index (χ3n) is 3.93. The van der Waals surface area contributed by atoms with Gasteiger partial charge >= 0.3 is 5.97 Å². The minimum atomic E-state index is -0.545. The third kappa shape index (κ3) is 5.71. The molecule has 0 saturated heterocycles. The van der Waals surface area contributed by atoms with E-state index in [1.54, 1.807) is 66.7 Å². The Morgan fingerprint density at radius 1 is 0.933 bits per heavy atom. The van der Waals surface area contributed by atoms with Crippen LogP contribution in [0.5, 0.6) is 5.75 Å². The van der Waals surface area contributed by atoms with Crippen molar-refractivity contribution in [1.29, 1.82) is 5.26 Å². The van der Waals surface area contributed by atoms with Crippen molar-refractivity contribution >= 4 is 46.8 Å². The standard InChI is InChI=1S/C23H14Cl2N2O3/c24-18-6-8-20(9-7-18)27-22(28)17(14-26)12-15-4-10-21(11-5-15)30-23(29)16-2-1-3-19(25)13-16/h1-13H,(H,27,28)/b17-12-. The molecule has 0 aliphatic carbocycles. The van der Waals surface area contributed by atoms with Crippen molar-refractivity contribution in [3.63, 3.8) is 0 Å². The molecule has 0 bridgehead atoms. The number of halogens is 2. The van der Waals surface area contributed by atoms with E-state index in [1.807, 2.05) is 6.07 Å². The Balaban J connectivity index is 1.68. The molecule has 1 N–H and O–H groups in total. The van der Waals surface area contributed by atoms with Crippen LogP contribution in [-0.4, -0.2) is 11.9 Å². The topological polar surface area (TPSA) is 79.2 Å². The van der Waals surface area contributed by atoms with Gasteiger partial charge in [0.25, 0.3) is 5.91 Å². The number of hydrogen-bond donors (Lipinski definition) is 1. The molecular formula is C23H14Cl2N2O3. The van der Waals surface area contributed by atoms with Crippen molar-refractivity contribution in [1.82, 2.24) is 0 Å². The van der Waals surface area contributed by atoms with E-state index in [9.17, 15) is 14.9 Å². The van der Waals surface area contributed by atoms with Crippen molar-refractivity contribution in [2.45, 2.75) is 0 Å². The Bertz CT molecular complexity index is 1150. The average molecular weight is 437 g/mol. The lowest BCUT2D eigenvalue weighted by Crippen LogP contribution is -2.13. The van der Waals surface area contributed by atoms with Gasteiger partial charge in [0.05, 0.1) is 5.56 Å². The minimum absolute atomic E-state index is 0.0753. The number of ether oxygens (including phenoxy) is 1. The molecule has 0 aromatic heterocycles. The van der Waals surface area contributed by atoms with Crippen molar-refractivity contribution in [2.75, 3.05) is 5.32 Å². The molecule has 0 heterocycles. The van der Waals surface area contributed by atoms with Gasteiger partial charge in [-0.25, -0.2) is 4.79 Å². The van der Waals surface area contributed by atoms with Crippen molar-refractivity contribution in [2.24, 2.45) is 0 Å². The first-order valence-electron chi connectivity index (χ1n) is 8.71. The molecule has 30 heavy (non-hydrogen) atoms. The van der Waals surface area contributed by atoms with Crippen LogP contribution in [0.1, 0.15) is 15.9 Å². The predicted molar refractivity (Wildman–Crippen MR) is 117 cm³/mol. The number of hydrogen-bond acceptors (Lipinski definition) is 4. The highest BCUT2D eigenvalue weighted by molar-refractivity contribution is 6.31. The smallest absolute Gasteiger partial charge is 0.343 e. The zero-order valence-corrected chi connectivity index (χ0v) is 16.9. The first-order chi connectivity index (χ1) is 14.4. The summed E-state index contributed by atoms with van der Waals surface area (Å²) in [6.07, 6.45) is 1.44. The molecular weight excluding hydrogens is 423 g/mol. The van der Waals surface area contributed by atoms with Gasteiger partial charge in [-0.3, -0.25) is 4.79 Å². The maximum absolute atomic E-state index is 12.3. The minimum Gasteiger partial charge on any atom is -0.423 e. The summed E-state index contributed by atoms with van der Waals surface area (Å²) in [7, 11) is 0. The van der Waals surface area contributed by atoms with Gasteiger partial charge in [0.2, 0.25) is 0 Å². The summed E-state index contributed by atoms with van der Waals surface area (Å²) in [5.74, 6) is -0.765. The lowest BCUT2D eigenvalue weighted by molar-refractivity contribution is -0.112. The van der Waals surface area contributed by atoms with E-state index in [0.717, 1.165) is 0 Å². The van der Waals surface area contributed by atoms with E-state index in [2.05, 4.69) is 5.32 Å². The summed E-state index contributed by atoms with van der Waals surface area (Å²) in [6, 6.07) is 21.3. The first-order valence-corrected chi connectivity index (χ1v) is 9.47. The van der Waals surface area contributed by atoms with E-state index in [4.69, 9.17) is 27.9 Å². The molecule has 0 atom stereocenters. The average Bonchev–Trinajstić information content (AvgIpc) is 2.74. The van der Waals surface area contributed by atoms with Crippen LogP contribution in [0, 0.1) is 11.3 Å². The van der Waals surface area contributed by atoms with Crippen LogP contribution in [0.25, 0.3) is 6.08 Å². The fourth-order valence-electron chi connectivity index (χ4n) is 2.46. The van der Waals surface area contributed by atoms with Gasteiger partial charge in [-0.15, -0.1) is 0 Å². The Hall–Kier alpha value is -3.59. The Morgan fingerprint density at radius 3 is 2.27 bits per heavy atom. The Kier molecular flexibility index (Phi) is 6.87. The number of anilines is 1. The molecule has 5 nitrogen and oxygen atoms in total. The molecule has 0 fully saturated rings. The Labute approximate surface area is 183 Å². The first kappa shape index (κ1) is 21.1. The van der Waals surface area contributed by atoms with Crippen LogP contribution in [0.4, 0.5) is 5.69 Å². The largest absolute Gasteiger partial charge is 0.423 e. The lowest BCUT2D eigenvalue weighted by Gasteiger charge is -2.06. The Morgan fingerprint density at radius 2 is 1.63 bits per heavy atom. The second-order valence-corrected chi connectivity index (χ2v) is 6.97. The summed E-state index contributed by atoms with van der Waals surface area (Å²) in [5.41, 5.74) is 1.37. The monoisotopic (exact) mass is 436 g/mol. The third-order valence-corrected chi connectivity index (χ3v) is 4.42. The molecule has 0 saturated carbocycles. The molecule has 1 amide bonds. The number of carbonyl (C=O) groups excluding carboxylic acids is 2. The van der Waals surface area contributed by atoms with Crippen LogP contribution < -0.4 is 10.1 Å². The zero-order valence-electron chi connectivity index (χ0n) is 15.4. The van der Waals surface area contributed by atoms with Crippen LogP contribution >= 0.6 is 23.2 Å². The maximum atomic E-state index is 12.3. The lowest BCUT2D eigenvalue weighted by atomic mass is 10.1. The highest BCUT2D eigenvalue weighted by atomic mass is 35.5. The van der Waals surface area contributed by atoms with Gasteiger partial charge in [-0.1, -0.05) is 41.4 Å². The summed E-state index contributed by atoms with van der Waals surface area (Å²) in [5, 5.41) is 12.9. The second kappa shape index (κ2) is 9.75. The normalized spacial score (nSPS) is 10.8. The molecule has 148 valence electrons. The van der Waals surface area contributed by atoms with Gasteiger partial charge < -0.3 is 10.1 Å². The van der Waals surface area contributed by atoms with Crippen molar-refractivity contribution < 1.29 is 14.3 Å². The number of esters is 1. The predicted octanol–water partition coefficient (Wildman–Crippen LogP) is 5.76. The molecule has 0 aliphatic rings. The second-order valence-electron chi connectivity index (χ2n) is 6.10. The maximum Gasteiger partial charge on any atom is 0.343 e. The number of benzene rings is 3. The van der Waals surface area contributed by atoms with Gasteiger partial charge in [0.1, 0.15) is 17.4 Å². The van der Waals surface area contributed by atoms with Gasteiger partial charge in [-0.05, 0) is 66.2 Å². The van der Waals surface area contributed by atoms with Crippen molar-refractivity contribution in [3.8, 4) is 11.8 Å². The number of nitrogens with zero attached hydrogens (tertiary/aromatic N) is 1. The van der Waals surface area contributed by atoms with E-state index >= 15 is 0 Å². The molecule has 0 spiro atoms. The molecule has 3 aromatic carbocycles. The number of amides is 1. The van der Waals surface area contributed by atoms with Crippen molar-refractivity contribution in [3.05, 3.63) is 99.5 Å². The summed E-state index contributed by atoms with van der Waals surface area (Å²) >= 11 is 11.7. The summed E-state index contributed by atoms with van der Waals surface area (Å²) in [4.78, 5) is 24.5. The van der Waals surface area contributed by atoms with Crippen LogP contribution in [-0.2, 0) is 4.79 Å². The molecule has 3 rings (SSSR count). The number of nitrogens with one attached hydrogen (secondary N) is 1. The number of carbonyl (C=O) groups is 2. The van der Waals surface area contributed by atoms with Crippen LogP contribution in [0.3, 0.4) is 0 Å². The van der Waals surface area contributed by atoms with E-state index in [0.29, 0.717) is 32.6 Å². The molecule has 0 unspecified atom stereocenters. The molecule has 0 aliphatic heterocycles. The zero-order chi connectivity index (χ0) is 21.5. The quantitative estimate of drug-likeness (QED) is 0.238. The van der Waals surface area contributed by atoms with Crippen LogP contribution in [0.15, 0.2) is 78.4 Å². The summed E-state index contributed by atoms with van der Waals surface area (Å²) in [6.45, 7) is 0. The molecule has 0 radical (unpaired) electrons. The fourth-order valence-corrected chi connectivity index (χ4v) is 2.78. The van der Waals surface area contributed by atoms with E-state index in [-0.39, 0.29) is 5.57 Å². The van der Waals surface area contributed by atoms with E-state index in [1.165, 1.54) is 12.1 Å². The molecule has 7 heteroatoms. The van der Waals surface area contributed by atoms with Gasteiger partial charge in [0.15, 0.2) is 0 Å². The van der Waals surface area contributed by atoms with E-state index < -0.39 is 11.9 Å². The number of rotatable bonds is 5. The highest BCUT2D eigenvalue weighted by Gasteiger charge is 2.11. The number of nitriles is 1. The SMILES string of the molecule is N#C/C(=C/c1ccc(OC(=O)c2cccc(Cl)c2)cc1)C(=O)Nc1ccc(Cl)cc1. The van der Waals surface area contributed by atoms with Crippen LogP contribution in [0.2, 0.25) is 10.0 Å².